The van der Waals surface area contributed by atoms with Crippen molar-refractivity contribution < 1.29 is 13.2 Å². The number of hydrogen-bond donors (Lipinski definition) is 1. The van der Waals surface area contributed by atoms with Crippen LogP contribution in [-0.2, 0) is 14.8 Å². The summed E-state index contributed by atoms with van der Waals surface area (Å²) in [5, 5.41) is 0.181. The van der Waals surface area contributed by atoms with Crippen molar-refractivity contribution in [3.63, 3.8) is 0 Å². The highest BCUT2D eigenvalue weighted by Crippen LogP contribution is 2.28. The molecular formula is C12H17ClN2O3S. The number of sulfonamides is 1. The average Bonchev–Trinajstić information content (AvgIpc) is 2.31. The molecule has 1 saturated heterocycles. The molecule has 2 rings (SSSR count). The monoisotopic (exact) mass is 304 g/mol. The van der Waals surface area contributed by atoms with Gasteiger partial charge in [-0.05, 0) is 32.0 Å². The standard InChI is InChI=1S/C12H17ClN2O3S/c1-8-6-15(7-9(2)18-8)19(16,17)12-5-10(14)3-4-11(12)13/h3-5,8-9H,6-7,14H2,1-2H3. The van der Waals surface area contributed by atoms with E-state index in [1.165, 1.54) is 16.4 Å². The van der Waals surface area contributed by atoms with Crippen molar-refractivity contribution >= 4 is 27.3 Å². The molecular weight excluding hydrogens is 288 g/mol. The van der Waals surface area contributed by atoms with Gasteiger partial charge >= 0.3 is 0 Å². The number of morpholine rings is 1. The summed E-state index contributed by atoms with van der Waals surface area (Å²) in [4.78, 5) is 0.0514. The normalized spacial score (nSPS) is 25.4. The Bertz CT molecular complexity index is 566. The van der Waals surface area contributed by atoms with Gasteiger partial charge < -0.3 is 10.5 Å². The largest absolute Gasteiger partial charge is 0.399 e. The van der Waals surface area contributed by atoms with Crippen LogP contribution in [0.3, 0.4) is 0 Å². The molecule has 2 unspecified atom stereocenters. The topological polar surface area (TPSA) is 72.6 Å². The average molecular weight is 305 g/mol. The van der Waals surface area contributed by atoms with E-state index in [4.69, 9.17) is 22.1 Å². The van der Waals surface area contributed by atoms with Crippen LogP contribution in [0.2, 0.25) is 5.02 Å². The molecule has 0 bridgehead atoms. The van der Waals surface area contributed by atoms with E-state index in [1.54, 1.807) is 6.07 Å². The van der Waals surface area contributed by atoms with Crippen LogP contribution in [0.25, 0.3) is 0 Å². The predicted octanol–water partition coefficient (Wildman–Crippen LogP) is 1.72. The second-order valence-corrected chi connectivity index (χ2v) is 7.08. The van der Waals surface area contributed by atoms with Gasteiger partial charge in [-0.15, -0.1) is 0 Å². The summed E-state index contributed by atoms with van der Waals surface area (Å²) >= 11 is 5.98. The summed E-state index contributed by atoms with van der Waals surface area (Å²) in [6.45, 7) is 4.33. The van der Waals surface area contributed by atoms with Gasteiger partial charge in [-0.3, -0.25) is 0 Å². The molecule has 0 aliphatic carbocycles. The van der Waals surface area contributed by atoms with E-state index < -0.39 is 10.0 Å². The van der Waals surface area contributed by atoms with Crippen molar-refractivity contribution in [1.82, 2.24) is 4.31 Å². The van der Waals surface area contributed by atoms with Crippen molar-refractivity contribution in [1.29, 1.82) is 0 Å². The number of ether oxygens (including phenoxy) is 1. The Kier molecular flexibility index (Phi) is 4.06. The minimum Gasteiger partial charge on any atom is -0.399 e. The minimum atomic E-state index is -3.64. The van der Waals surface area contributed by atoms with Gasteiger partial charge in [-0.2, -0.15) is 4.31 Å². The van der Waals surface area contributed by atoms with E-state index in [9.17, 15) is 8.42 Å². The molecule has 19 heavy (non-hydrogen) atoms. The van der Waals surface area contributed by atoms with Gasteiger partial charge in [0.15, 0.2) is 0 Å². The van der Waals surface area contributed by atoms with Crippen molar-refractivity contribution in [2.24, 2.45) is 0 Å². The first-order chi connectivity index (χ1) is 8.80. The van der Waals surface area contributed by atoms with E-state index >= 15 is 0 Å². The molecule has 106 valence electrons. The fraction of sp³-hybridized carbons (Fsp3) is 0.500. The van der Waals surface area contributed by atoms with Crippen molar-refractivity contribution in [2.75, 3.05) is 18.8 Å². The van der Waals surface area contributed by atoms with E-state index in [0.29, 0.717) is 18.8 Å². The molecule has 1 aliphatic heterocycles. The van der Waals surface area contributed by atoms with Crippen molar-refractivity contribution in [3.05, 3.63) is 23.2 Å². The molecule has 1 aliphatic rings. The number of nitrogen functional groups attached to an aromatic ring is 1. The first kappa shape index (κ1) is 14.6. The third-order valence-corrected chi connectivity index (χ3v) is 5.27. The fourth-order valence-electron chi connectivity index (χ4n) is 2.18. The third kappa shape index (κ3) is 3.02. The van der Waals surface area contributed by atoms with Crippen LogP contribution in [-0.4, -0.2) is 38.0 Å². The number of rotatable bonds is 2. The molecule has 1 fully saturated rings. The number of nitrogens with two attached hydrogens (primary N) is 1. The van der Waals surface area contributed by atoms with Gasteiger partial charge in [-0.1, -0.05) is 11.6 Å². The molecule has 2 N–H and O–H groups in total. The van der Waals surface area contributed by atoms with Crippen LogP contribution < -0.4 is 5.73 Å². The number of anilines is 1. The number of hydrogen-bond acceptors (Lipinski definition) is 4. The SMILES string of the molecule is CC1CN(S(=O)(=O)c2cc(N)ccc2Cl)CC(C)O1. The second-order valence-electron chi connectivity index (χ2n) is 4.77. The fourth-order valence-corrected chi connectivity index (χ4v) is 4.28. The van der Waals surface area contributed by atoms with E-state index in [0.717, 1.165) is 0 Å². The van der Waals surface area contributed by atoms with E-state index in [-0.39, 0.29) is 22.1 Å². The number of nitrogens with zero attached hydrogens (tertiary/aromatic N) is 1. The molecule has 1 aromatic rings. The summed E-state index contributed by atoms with van der Waals surface area (Å²) in [6.07, 6.45) is -0.281. The quantitative estimate of drug-likeness (QED) is 0.844. The second kappa shape index (κ2) is 5.28. The lowest BCUT2D eigenvalue weighted by molar-refractivity contribution is -0.0440. The summed E-state index contributed by atoms with van der Waals surface area (Å²) in [6, 6.07) is 4.46. The predicted molar refractivity (Wildman–Crippen MR) is 74.6 cm³/mol. The Hall–Kier alpha value is -0.820. The Balaban J connectivity index is 2.39. The van der Waals surface area contributed by atoms with Crippen LogP contribution in [0.1, 0.15) is 13.8 Å². The van der Waals surface area contributed by atoms with Crippen LogP contribution in [0.5, 0.6) is 0 Å². The zero-order valence-electron chi connectivity index (χ0n) is 10.8. The van der Waals surface area contributed by atoms with Crippen LogP contribution in [0.4, 0.5) is 5.69 Å². The Labute approximate surface area is 118 Å². The Morgan fingerprint density at radius 3 is 2.47 bits per heavy atom. The summed E-state index contributed by atoms with van der Waals surface area (Å²) in [5.74, 6) is 0. The van der Waals surface area contributed by atoms with Gasteiger partial charge in [0.25, 0.3) is 0 Å². The zero-order valence-corrected chi connectivity index (χ0v) is 12.4. The third-order valence-electron chi connectivity index (χ3n) is 2.96. The Morgan fingerprint density at radius 1 is 1.32 bits per heavy atom. The van der Waals surface area contributed by atoms with Gasteiger partial charge in [0.2, 0.25) is 10.0 Å². The molecule has 0 saturated carbocycles. The van der Waals surface area contributed by atoms with Gasteiger partial charge in [0.1, 0.15) is 4.90 Å². The highest BCUT2D eigenvalue weighted by atomic mass is 35.5. The molecule has 7 heteroatoms. The number of benzene rings is 1. The smallest absolute Gasteiger partial charge is 0.244 e. The summed E-state index contributed by atoms with van der Waals surface area (Å²) < 4.78 is 32.1. The highest BCUT2D eigenvalue weighted by Gasteiger charge is 2.33. The maximum atomic E-state index is 12.6. The van der Waals surface area contributed by atoms with Crippen molar-refractivity contribution in [2.45, 2.75) is 31.0 Å². The molecule has 0 spiro atoms. The van der Waals surface area contributed by atoms with Gasteiger partial charge in [0.05, 0.1) is 17.2 Å². The molecule has 1 aromatic carbocycles. The Morgan fingerprint density at radius 2 is 1.89 bits per heavy atom. The molecule has 5 nitrogen and oxygen atoms in total. The lowest BCUT2D eigenvalue weighted by Gasteiger charge is -2.34. The van der Waals surface area contributed by atoms with E-state index in [1.807, 2.05) is 13.8 Å². The molecule has 2 atom stereocenters. The van der Waals surface area contributed by atoms with Gasteiger partial charge in [0, 0.05) is 18.8 Å². The van der Waals surface area contributed by atoms with E-state index in [2.05, 4.69) is 0 Å². The maximum absolute atomic E-state index is 12.6. The lowest BCUT2D eigenvalue weighted by Crippen LogP contribution is -2.48. The lowest BCUT2D eigenvalue weighted by atomic mass is 10.3. The van der Waals surface area contributed by atoms with Gasteiger partial charge in [-0.25, -0.2) is 8.42 Å². The zero-order chi connectivity index (χ0) is 14.2. The molecule has 0 radical (unpaired) electrons. The molecule has 0 aromatic heterocycles. The minimum absolute atomic E-state index is 0.0514. The molecule has 0 amide bonds. The van der Waals surface area contributed by atoms with Crippen LogP contribution >= 0.6 is 11.6 Å². The molecule has 1 heterocycles. The summed E-state index contributed by atoms with van der Waals surface area (Å²) in [5.41, 5.74) is 6.01. The van der Waals surface area contributed by atoms with Crippen LogP contribution in [0.15, 0.2) is 23.1 Å². The van der Waals surface area contributed by atoms with Crippen molar-refractivity contribution in [3.8, 4) is 0 Å². The maximum Gasteiger partial charge on any atom is 0.244 e. The first-order valence-electron chi connectivity index (χ1n) is 6.01. The van der Waals surface area contributed by atoms with Crippen LogP contribution in [0, 0.1) is 0 Å². The highest BCUT2D eigenvalue weighted by molar-refractivity contribution is 7.89. The summed E-state index contributed by atoms with van der Waals surface area (Å²) in [7, 11) is -3.64. The first-order valence-corrected chi connectivity index (χ1v) is 7.83. The number of halogens is 1.